The van der Waals surface area contributed by atoms with Crippen molar-refractivity contribution in [3.05, 3.63) is 0 Å². The molecule has 2 fully saturated rings. The van der Waals surface area contributed by atoms with Gasteiger partial charge in [0.15, 0.2) is 15.8 Å². The number of likely N-dealkylation sites (N-methyl/N-ethyl adjacent to an activating group) is 1. The summed E-state index contributed by atoms with van der Waals surface area (Å²) in [6.07, 6.45) is 0. The van der Waals surface area contributed by atoms with Crippen LogP contribution in [-0.2, 0) is 9.84 Å². The molecule has 1 N–H and O–H groups in total. The standard InChI is InChI=1S/C18H37N5O2S/c1-6-19-17(23-12-13-26(24,25)18(4,5)15-23)20-14-16(3)22-10-8-21(7-2)9-11-22/h16H,6-15H2,1-5H3,(H,19,20). The monoisotopic (exact) mass is 387 g/mol. The van der Waals surface area contributed by atoms with E-state index >= 15 is 0 Å². The molecular weight excluding hydrogens is 350 g/mol. The predicted octanol–water partition coefficient (Wildman–Crippen LogP) is 0.487. The molecule has 2 aliphatic heterocycles. The maximum Gasteiger partial charge on any atom is 0.194 e. The van der Waals surface area contributed by atoms with E-state index in [1.54, 1.807) is 0 Å². The fraction of sp³-hybridized carbons (Fsp3) is 0.944. The second-order valence-electron chi connectivity index (χ2n) is 8.01. The number of hydrogen-bond acceptors (Lipinski definition) is 5. The molecule has 1 unspecified atom stereocenters. The Kier molecular flexibility index (Phi) is 7.33. The quantitative estimate of drug-likeness (QED) is 0.547. The molecule has 2 heterocycles. The van der Waals surface area contributed by atoms with Gasteiger partial charge in [0.25, 0.3) is 0 Å². The van der Waals surface area contributed by atoms with E-state index in [4.69, 9.17) is 4.99 Å². The number of rotatable bonds is 5. The maximum absolute atomic E-state index is 12.3. The Hall–Kier alpha value is -0.860. The van der Waals surface area contributed by atoms with Gasteiger partial charge in [-0.1, -0.05) is 6.92 Å². The van der Waals surface area contributed by atoms with E-state index in [2.05, 4.69) is 40.8 Å². The lowest BCUT2D eigenvalue weighted by molar-refractivity contribution is 0.109. The highest BCUT2D eigenvalue weighted by atomic mass is 32.2. The molecule has 0 radical (unpaired) electrons. The van der Waals surface area contributed by atoms with Gasteiger partial charge in [-0.05, 0) is 34.2 Å². The van der Waals surface area contributed by atoms with Crippen LogP contribution in [0, 0.1) is 0 Å². The smallest absolute Gasteiger partial charge is 0.194 e. The van der Waals surface area contributed by atoms with Crippen molar-refractivity contribution in [2.45, 2.75) is 45.4 Å². The number of hydrogen-bond donors (Lipinski definition) is 1. The summed E-state index contributed by atoms with van der Waals surface area (Å²) in [5.74, 6) is 1.04. The second-order valence-corrected chi connectivity index (χ2v) is 10.8. The number of aliphatic imine (C=N–C) groups is 1. The summed E-state index contributed by atoms with van der Waals surface area (Å²) in [5, 5.41) is 3.35. The topological polar surface area (TPSA) is 68.2 Å². The molecule has 0 amide bonds. The van der Waals surface area contributed by atoms with Gasteiger partial charge < -0.3 is 15.1 Å². The van der Waals surface area contributed by atoms with Crippen LogP contribution in [0.4, 0.5) is 0 Å². The van der Waals surface area contributed by atoms with Gasteiger partial charge in [0, 0.05) is 51.9 Å². The summed E-state index contributed by atoms with van der Waals surface area (Å²) in [4.78, 5) is 11.9. The van der Waals surface area contributed by atoms with Crippen LogP contribution >= 0.6 is 0 Å². The van der Waals surface area contributed by atoms with E-state index in [9.17, 15) is 8.42 Å². The molecule has 8 heteroatoms. The maximum atomic E-state index is 12.3. The Morgan fingerprint density at radius 2 is 1.81 bits per heavy atom. The third kappa shape index (κ3) is 5.10. The normalized spacial score (nSPS) is 25.9. The lowest BCUT2D eigenvalue weighted by atomic mass is 10.2. The molecule has 0 spiro atoms. The minimum absolute atomic E-state index is 0.193. The number of piperazine rings is 1. The molecule has 2 aliphatic rings. The fourth-order valence-electron chi connectivity index (χ4n) is 3.60. The third-order valence-corrected chi connectivity index (χ3v) is 8.19. The SMILES string of the molecule is CCNC(=NCC(C)N1CCN(CC)CC1)N1CCS(=O)(=O)C(C)(C)C1. The summed E-state index contributed by atoms with van der Waals surface area (Å²) in [6, 6.07) is 0.393. The number of guanidine groups is 1. The van der Waals surface area contributed by atoms with Crippen molar-refractivity contribution >= 4 is 15.8 Å². The molecule has 26 heavy (non-hydrogen) atoms. The van der Waals surface area contributed by atoms with Gasteiger partial charge in [-0.2, -0.15) is 0 Å². The zero-order chi connectivity index (χ0) is 19.4. The molecule has 2 saturated heterocycles. The molecule has 0 aromatic carbocycles. The van der Waals surface area contributed by atoms with Crippen molar-refractivity contribution in [1.29, 1.82) is 0 Å². The Bertz CT molecular complexity index is 582. The van der Waals surface area contributed by atoms with Crippen LogP contribution < -0.4 is 5.32 Å². The van der Waals surface area contributed by atoms with E-state index in [1.165, 1.54) is 0 Å². The van der Waals surface area contributed by atoms with Gasteiger partial charge in [0.1, 0.15) is 0 Å². The van der Waals surface area contributed by atoms with E-state index in [0.717, 1.165) is 51.8 Å². The molecule has 1 atom stereocenters. The Morgan fingerprint density at radius 1 is 1.15 bits per heavy atom. The highest BCUT2D eigenvalue weighted by molar-refractivity contribution is 7.92. The van der Waals surface area contributed by atoms with Gasteiger partial charge >= 0.3 is 0 Å². The van der Waals surface area contributed by atoms with Gasteiger partial charge in [0.2, 0.25) is 0 Å². The number of sulfone groups is 1. The molecule has 0 saturated carbocycles. The van der Waals surface area contributed by atoms with Crippen LogP contribution in [0.2, 0.25) is 0 Å². The molecule has 0 bridgehead atoms. The minimum Gasteiger partial charge on any atom is -0.357 e. The Balaban J connectivity index is 1.98. The minimum atomic E-state index is -3.04. The van der Waals surface area contributed by atoms with Crippen LogP contribution in [0.3, 0.4) is 0 Å². The van der Waals surface area contributed by atoms with Crippen molar-refractivity contribution in [3.8, 4) is 0 Å². The molecule has 0 aliphatic carbocycles. The number of nitrogens with one attached hydrogen (secondary N) is 1. The van der Waals surface area contributed by atoms with Crippen molar-refractivity contribution in [2.24, 2.45) is 4.99 Å². The van der Waals surface area contributed by atoms with Crippen molar-refractivity contribution in [2.75, 3.05) is 64.7 Å². The summed E-state index contributed by atoms with van der Waals surface area (Å²) in [7, 11) is -3.04. The molecule has 0 aromatic heterocycles. The molecule has 152 valence electrons. The average Bonchev–Trinajstić information content (AvgIpc) is 2.61. The zero-order valence-electron chi connectivity index (χ0n) is 17.2. The van der Waals surface area contributed by atoms with E-state index < -0.39 is 14.6 Å². The summed E-state index contributed by atoms with van der Waals surface area (Å²) >= 11 is 0. The summed E-state index contributed by atoms with van der Waals surface area (Å²) in [5.41, 5.74) is 0. The van der Waals surface area contributed by atoms with Crippen LogP contribution in [0.25, 0.3) is 0 Å². The highest BCUT2D eigenvalue weighted by Gasteiger charge is 2.41. The first-order chi connectivity index (χ1) is 12.2. The predicted molar refractivity (Wildman–Crippen MR) is 109 cm³/mol. The second kappa shape index (κ2) is 8.89. The Labute approximate surface area is 159 Å². The average molecular weight is 388 g/mol. The largest absolute Gasteiger partial charge is 0.357 e. The molecular formula is C18H37N5O2S. The molecule has 2 rings (SSSR count). The Morgan fingerprint density at radius 3 is 2.35 bits per heavy atom. The van der Waals surface area contributed by atoms with Crippen LogP contribution in [-0.4, -0.2) is 105 Å². The van der Waals surface area contributed by atoms with E-state index in [0.29, 0.717) is 19.1 Å². The molecule has 0 aromatic rings. The zero-order valence-corrected chi connectivity index (χ0v) is 18.0. The van der Waals surface area contributed by atoms with Crippen molar-refractivity contribution in [3.63, 3.8) is 0 Å². The van der Waals surface area contributed by atoms with Crippen molar-refractivity contribution < 1.29 is 8.42 Å². The summed E-state index contributed by atoms with van der Waals surface area (Å²) in [6.45, 7) is 18.2. The highest BCUT2D eigenvalue weighted by Crippen LogP contribution is 2.23. The first kappa shape index (κ1) is 21.4. The van der Waals surface area contributed by atoms with Crippen LogP contribution in [0.1, 0.15) is 34.6 Å². The number of nitrogens with zero attached hydrogens (tertiary/aromatic N) is 4. The van der Waals surface area contributed by atoms with Crippen LogP contribution in [0.15, 0.2) is 4.99 Å². The van der Waals surface area contributed by atoms with Gasteiger partial charge in [0.05, 0.1) is 17.0 Å². The lowest BCUT2D eigenvalue weighted by Gasteiger charge is -2.40. The van der Waals surface area contributed by atoms with E-state index in [-0.39, 0.29) is 5.75 Å². The lowest BCUT2D eigenvalue weighted by Crippen LogP contribution is -2.57. The van der Waals surface area contributed by atoms with Gasteiger partial charge in [-0.3, -0.25) is 9.89 Å². The first-order valence-electron chi connectivity index (χ1n) is 9.92. The third-order valence-electron chi connectivity index (χ3n) is 5.66. The van der Waals surface area contributed by atoms with Gasteiger partial charge in [-0.25, -0.2) is 8.42 Å². The van der Waals surface area contributed by atoms with Crippen LogP contribution in [0.5, 0.6) is 0 Å². The molecule has 7 nitrogen and oxygen atoms in total. The fourth-order valence-corrected chi connectivity index (χ4v) is 4.97. The summed E-state index contributed by atoms with van der Waals surface area (Å²) < 4.78 is 23.8. The first-order valence-corrected chi connectivity index (χ1v) is 11.6. The van der Waals surface area contributed by atoms with Gasteiger partial charge in [-0.15, -0.1) is 0 Å². The van der Waals surface area contributed by atoms with E-state index in [1.807, 2.05) is 13.8 Å². The van der Waals surface area contributed by atoms with Crippen molar-refractivity contribution in [1.82, 2.24) is 20.0 Å².